The molecular formula is C16H23F2N3. The average molecular weight is 295 g/mol. The zero-order chi connectivity index (χ0) is 15.0. The van der Waals surface area contributed by atoms with E-state index in [9.17, 15) is 8.78 Å². The molecule has 0 amide bonds. The van der Waals surface area contributed by atoms with E-state index in [2.05, 4.69) is 16.8 Å². The molecule has 116 valence electrons. The van der Waals surface area contributed by atoms with Gasteiger partial charge in [-0.25, -0.2) is 8.78 Å². The number of nitrogens with two attached hydrogens (primary N) is 1. The molecule has 2 bridgehead atoms. The Morgan fingerprint density at radius 2 is 2.00 bits per heavy atom. The quantitative estimate of drug-likeness (QED) is 0.927. The summed E-state index contributed by atoms with van der Waals surface area (Å²) in [5, 5.41) is 0. The predicted molar refractivity (Wildman–Crippen MR) is 78.9 cm³/mol. The molecule has 21 heavy (non-hydrogen) atoms. The van der Waals surface area contributed by atoms with Crippen LogP contribution in [0.15, 0.2) is 18.2 Å². The Labute approximate surface area is 124 Å². The Hall–Kier alpha value is -1.04. The summed E-state index contributed by atoms with van der Waals surface area (Å²) in [4.78, 5) is 4.67. The number of likely N-dealkylation sites (N-methyl/N-ethyl adjacent to an activating group) is 1. The van der Waals surface area contributed by atoms with Crippen LogP contribution in [0.2, 0.25) is 0 Å². The maximum absolute atomic E-state index is 14.1. The van der Waals surface area contributed by atoms with Crippen molar-refractivity contribution in [1.29, 1.82) is 0 Å². The van der Waals surface area contributed by atoms with Crippen LogP contribution >= 0.6 is 0 Å². The fraction of sp³-hybridized carbons (Fsp3) is 0.625. The fourth-order valence-electron chi connectivity index (χ4n) is 3.87. The van der Waals surface area contributed by atoms with Crippen molar-refractivity contribution in [3.05, 3.63) is 35.4 Å². The first kappa shape index (κ1) is 14.9. The smallest absolute Gasteiger partial charge is 0.163 e. The van der Waals surface area contributed by atoms with E-state index in [1.165, 1.54) is 12.8 Å². The second-order valence-electron chi connectivity index (χ2n) is 6.23. The molecule has 1 aromatic rings. The van der Waals surface area contributed by atoms with Crippen LogP contribution in [0.5, 0.6) is 0 Å². The number of nitrogens with zero attached hydrogens (tertiary/aromatic N) is 2. The lowest BCUT2D eigenvalue weighted by atomic mass is 10.0. The molecule has 5 heteroatoms. The number of halogens is 2. The van der Waals surface area contributed by atoms with E-state index in [-0.39, 0.29) is 6.04 Å². The van der Waals surface area contributed by atoms with Gasteiger partial charge in [-0.05, 0) is 32.4 Å². The summed E-state index contributed by atoms with van der Waals surface area (Å²) in [6, 6.07) is 5.26. The Morgan fingerprint density at radius 1 is 1.24 bits per heavy atom. The number of hydrogen-bond acceptors (Lipinski definition) is 3. The Kier molecular flexibility index (Phi) is 4.24. The molecule has 2 saturated heterocycles. The minimum atomic E-state index is -0.792. The third-order valence-corrected chi connectivity index (χ3v) is 5.18. The van der Waals surface area contributed by atoms with Crippen molar-refractivity contribution in [2.24, 2.45) is 5.73 Å². The molecule has 0 spiro atoms. The van der Waals surface area contributed by atoms with Crippen molar-refractivity contribution in [2.75, 3.05) is 26.7 Å². The number of fused-ring (bicyclic) bond motifs is 2. The van der Waals surface area contributed by atoms with Crippen LogP contribution in [-0.4, -0.2) is 48.6 Å². The van der Waals surface area contributed by atoms with Crippen molar-refractivity contribution in [3.8, 4) is 0 Å². The third kappa shape index (κ3) is 2.70. The zero-order valence-corrected chi connectivity index (χ0v) is 12.4. The van der Waals surface area contributed by atoms with Crippen molar-refractivity contribution >= 4 is 0 Å². The first-order valence-corrected chi connectivity index (χ1v) is 7.71. The third-order valence-electron chi connectivity index (χ3n) is 5.18. The van der Waals surface area contributed by atoms with Crippen molar-refractivity contribution in [3.63, 3.8) is 0 Å². The van der Waals surface area contributed by atoms with Gasteiger partial charge in [-0.1, -0.05) is 12.1 Å². The summed E-state index contributed by atoms with van der Waals surface area (Å²) in [5.41, 5.74) is 6.28. The van der Waals surface area contributed by atoms with E-state index in [1.54, 1.807) is 12.1 Å². The molecule has 0 radical (unpaired) electrons. The van der Waals surface area contributed by atoms with E-state index in [4.69, 9.17) is 5.73 Å². The molecular weight excluding hydrogens is 272 g/mol. The minimum absolute atomic E-state index is 0.242. The molecule has 2 fully saturated rings. The minimum Gasteiger partial charge on any atom is -0.329 e. The molecule has 0 aliphatic carbocycles. The molecule has 2 N–H and O–H groups in total. The lowest BCUT2D eigenvalue weighted by Gasteiger charge is -2.33. The van der Waals surface area contributed by atoms with Crippen molar-refractivity contribution in [1.82, 2.24) is 9.80 Å². The van der Waals surface area contributed by atoms with Gasteiger partial charge in [-0.3, -0.25) is 9.80 Å². The summed E-state index contributed by atoms with van der Waals surface area (Å²) in [6.45, 7) is 2.08. The number of hydrogen-bond donors (Lipinski definition) is 1. The highest BCUT2D eigenvalue weighted by Gasteiger charge is 2.37. The molecule has 3 rings (SSSR count). The highest BCUT2D eigenvalue weighted by atomic mass is 19.2. The van der Waals surface area contributed by atoms with Crippen LogP contribution in [0.25, 0.3) is 0 Å². The van der Waals surface area contributed by atoms with Gasteiger partial charge in [0.2, 0.25) is 0 Å². The van der Waals surface area contributed by atoms with Gasteiger partial charge >= 0.3 is 0 Å². The topological polar surface area (TPSA) is 32.5 Å². The zero-order valence-electron chi connectivity index (χ0n) is 12.4. The lowest BCUT2D eigenvalue weighted by Crippen LogP contribution is -2.41. The molecule has 0 aromatic heterocycles. The van der Waals surface area contributed by atoms with Gasteiger partial charge in [0.05, 0.1) is 6.04 Å². The highest BCUT2D eigenvalue weighted by molar-refractivity contribution is 5.23. The fourth-order valence-corrected chi connectivity index (χ4v) is 3.87. The maximum Gasteiger partial charge on any atom is 0.163 e. The molecule has 2 heterocycles. The summed E-state index contributed by atoms with van der Waals surface area (Å²) in [5.74, 6) is -1.55. The van der Waals surface area contributed by atoms with Gasteiger partial charge in [0.1, 0.15) is 0 Å². The Balaban J connectivity index is 1.85. The van der Waals surface area contributed by atoms with Gasteiger partial charge < -0.3 is 5.73 Å². The van der Waals surface area contributed by atoms with Crippen LogP contribution in [0.3, 0.4) is 0 Å². The molecule has 0 saturated carbocycles. The van der Waals surface area contributed by atoms with Gasteiger partial charge in [-0.2, -0.15) is 0 Å². The van der Waals surface area contributed by atoms with E-state index in [1.807, 2.05) is 0 Å². The molecule has 2 aliphatic rings. The largest absolute Gasteiger partial charge is 0.329 e. The summed E-state index contributed by atoms with van der Waals surface area (Å²) >= 11 is 0. The van der Waals surface area contributed by atoms with E-state index in [0.717, 1.165) is 25.6 Å². The van der Waals surface area contributed by atoms with Crippen LogP contribution < -0.4 is 5.73 Å². The first-order chi connectivity index (χ1) is 10.1. The molecule has 3 unspecified atom stereocenters. The summed E-state index contributed by atoms with van der Waals surface area (Å²) in [6.07, 6.45) is 3.50. The van der Waals surface area contributed by atoms with Crippen LogP contribution in [0.4, 0.5) is 8.78 Å². The van der Waals surface area contributed by atoms with Gasteiger partial charge in [0.25, 0.3) is 0 Å². The monoisotopic (exact) mass is 295 g/mol. The Morgan fingerprint density at radius 3 is 2.76 bits per heavy atom. The Bertz CT molecular complexity index is 508. The highest BCUT2D eigenvalue weighted by Crippen LogP contribution is 2.33. The standard InChI is InChI=1S/C16H23F2N3/c1-20-11-5-6-12(20)10-21(8-7-11)15(9-19)13-3-2-4-14(17)16(13)18/h2-4,11-12,15H,5-10,19H2,1H3. The molecule has 3 nitrogen and oxygen atoms in total. The first-order valence-electron chi connectivity index (χ1n) is 7.71. The van der Waals surface area contributed by atoms with E-state index in [0.29, 0.717) is 24.2 Å². The summed E-state index contributed by atoms with van der Waals surface area (Å²) in [7, 11) is 2.17. The molecule has 3 atom stereocenters. The predicted octanol–water partition coefficient (Wildman–Crippen LogP) is 2.13. The maximum atomic E-state index is 14.1. The van der Waals surface area contributed by atoms with Crippen molar-refractivity contribution in [2.45, 2.75) is 37.4 Å². The number of likely N-dealkylation sites (tertiary alicyclic amines) is 1. The van der Waals surface area contributed by atoms with Crippen LogP contribution in [-0.2, 0) is 0 Å². The summed E-state index contributed by atoms with van der Waals surface area (Å²) < 4.78 is 27.6. The number of rotatable bonds is 3. The second kappa shape index (κ2) is 5.99. The second-order valence-corrected chi connectivity index (χ2v) is 6.23. The van der Waals surface area contributed by atoms with Crippen molar-refractivity contribution < 1.29 is 8.78 Å². The SMILES string of the molecule is CN1C2CCC1CN(C(CN)c1cccc(F)c1F)CC2. The van der Waals surface area contributed by atoms with Gasteiger partial charge in [0, 0.05) is 37.3 Å². The van der Waals surface area contributed by atoms with Gasteiger partial charge in [0.15, 0.2) is 11.6 Å². The number of benzene rings is 1. The van der Waals surface area contributed by atoms with E-state index >= 15 is 0 Å². The molecule has 2 aliphatic heterocycles. The normalized spacial score (nSPS) is 28.6. The lowest BCUT2D eigenvalue weighted by molar-refractivity contribution is 0.171. The van der Waals surface area contributed by atoms with Crippen LogP contribution in [0, 0.1) is 11.6 Å². The van der Waals surface area contributed by atoms with Gasteiger partial charge in [-0.15, -0.1) is 0 Å². The van der Waals surface area contributed by atoms with E-state index < -0.39 is 11.6 Å². The molecule has 1 aromatic carbocycles. The van der Waals surface area contributed by atoms with Crippen LogP contribution in [0.1, 0.15) is 30.9 Å². The average Bonchev–Trinajstić information content (AvgIpc) is 2.71.